The van der Waals surface area contributed by atoms with Gasteiger partial charge >= 0.3 is 0 Å². The third-order valence-electron chi connectivity index (χ3n) is 5.44. The zero-order valence-corrected chi connectivity index (χ0v) is 15.3. The molecule has 2 fully saturated rings. The van der Waals surface area contributed by atoms with Gasteiger partial charge in [-0.25, -0.2) is 8.42 Å². The van der Waals surface area contributed by atoms with Crippen LogP contribution < -0.4 is 0 Å². The van der Waals surface area contributed by atoms with Gasteiger partial charge in [-0.15, -0.1) is 0 Å². The van der Waals surface area contributed by atoms with Gasteiger partial charge in [0, 0.05) is 30.7 Å². The minimum atomic E-state index is -3.52. The molecule has 0 radical (unpaired) electrons. The Morgan fingerprint density at radius 2 is 1.68 bits per heavy atom. The van der Waals surface area contributed by atoms with Crippen molar-refractivity contribution in [1.82, 2.24) is 9.21 Å². The summed E-state index contributed by atoms with van der Waals surface area (Å²) in [6.45, 7) is 4.56. The first-order chi connectivity index (χ1) is 12.1. The van der Waals surface area contributed by atoms with E-state index < -0.39 is 10.0 Å². The molecule has 0 aliphatic carbocycles. The molecule has 0 N–H and O–H groups in total. The number of hydrogen-bond donors (Lipinski definition) is 0. The quantitative estimate of drug-likeness (QED) is 0.848. The average Bonchev–Trinajstić information content (AvgIpc) is 3.09. The Morgan fingerprint density at radius 3 is 2.48 bits per heavy atom. The number of nitrogens with zero attached hydrogens (tertiary/aromatic N) is 2. The van der Waals surface area contributed by atoms with E-state index in [1.54, 1.807) is 10.4 Å². The van der Waals surface area contributed by atoms with Crippen molar-refractivity contribution in [1.29, 1.82) is 0 Å². The summed E-state index contributed by atoms with van der Waals surface area (Å²) in [5, 5.41) is 0. The Labute approximate surface area is 150 Å². The second kappa shape index (κ2) is 6.56. The molecule has 2 aliphatic rings. The first kappa shape index (κ1) is 16.8. The van der Waals surface area contributed by atoms with Crippen LogP contribution in [-0.4, -0.2) is 49.3 Å². The lowest BCUT2D eigenvalue weighted by atomic mass is 10.1. The highest BCUT2D eigenvalue weighted by Gasteiger charge is 2.40. The largest absolute Gasteiger partial charge is 0.297 e. The van der Waals surface area contributed by atoms with Crippen LogP contribution in [0.3, 0.4) is 0 Å². The number of hydrogen-bond acceptors (Lipinski definition) is 3. The number of piperazine rings is 1. The molecule has 2 aliphatic heterocycles. The van der Waals surface area contributed by atoms with Gasteiger partial charge in [-0.1, -0.05) is 48.5 Å². The van der Waals surface area contributed by atoms with E-state index in [1.165, 1.54) is 6.42 Å². The molecule has 0 amide bonds. The molecule has 2 atom stereocenters. The smallest absolute Gasteiger partial charge is 0.244 e. The van der Waals surface area contributed by atoms with Crippen molar-refractivity contribution in [2.45, 2.75) is 36.7 Å². The van der Waals surface area contributed by atoms with Crippen molar-refractivity contribution in [3.05, 3.63) is 54.6 Å². The fourth-order valence-corrected chi connectivity index (χ4v) is 6.05. The first-order valence-electron chi connectivity index (χ1n) is 8.98. The monoisotopic (exact) mass is 356 g/mol. The summed E-state index contributed by atoms with van der Waals surface area (Å²) in [6, 6.07) is 17.5. The van der Waals surface area contributed by atoms with Crippen LogP contribution in [0.25, 0.3) is 11.1 Å². The van der Waals surface area contributed by atoms with Crippen molar-refractivity contribution in [3.8, 4) is 11.1 Å². The lowest BCUT2D eigenvalue weighted by Gasteiger charge is -2.41. The summed E-state index contributed by atoms with van der Waals surface area (Å²) >= 11 is 0. The van der Waals surface area contributed by atoms with E-state index >= 15 is 0 Å². The lowest BCUT2D eigenvalue weighted by Crippen LogP contribution is -2.56. The van der Waals surface area contributed by atoms with E-state index in [4.69, 9.17) is 0 Å². The highest BCUT2D eigenvalue weighted by atomic mass is 32.2. The van der Waals surface area contributed by atoms with E-state index in [1.807, 2.05) is 55.5 Å². The van der Waals surface area contributed by atoms with Crippen LogP contribution in [0.5, 0.6) is 0 Å². The summed E-state index contributed by atoms with van der Waals surface area (Å²) < 4.78 is 28.7. The summed E-state index contributed by atoms with van der Waals surface area (Å²) in [5.74, 6) is 0. The second-order valence-corrected chi connectivity index (χ2v) is 8.94. The standard InChI is InChI=1S/C20H24N2O2S/c1-16-14-21-13-7-10-18(21)15-22(16)25(23,24)20-12-6-5-11-19(20)17-8-3-2-4-9-17/h2-6,8-9,11-12,16,18H,7,10,13-15H2,1H3/t16-,18+/m1/s1. The predicted molar refractivity (Wildman–Crippen MR) is 99.8 cm³/mol. The Morgan fingerprint density at radius 1 is 0.960 bits per heavy atom. The van der Waals surface area contributed by atoms with Crippen molar-refractivity contribution in [3.63, 3.8) is 0 Å². The molecule has 5 heteroatoms. The van der Waals surface area contributed by atoms with Gasteiger partial charge in [0.05, 0.1) is 4.90 Å². The zero-order chi connectivity index (χ0) is 17.4. The van der Waals surface area contributed by atoms with Gasteiger partial charge in [0.2, 0.25) is 10.0 Å². The SMILES string of the molecule is C[C@@H]1CN2CCC[C@H]2CN1S(=O)(=O)c1ccccc1-c1ccccc1. The average molecular weight is 356 g/mol. The first-order valence-corrected chi connectivity index (χ1v) is 10.4. The molecular weight excluding hydrogens is 332 g/mol. The Hall–Kier alpha value is -1.69. The van der Waals surface area contributed by atoms with Gasteiger partial charge in [-0.2, -0.15) is 4.31 Å². The van der Waals surface area contributed by atoms with Gasteiger partial charge in [-0.05, 0) is 37.9 Å². The molecule has 2 aromatic rings. The minimum absolute atomic E-state index is 0.00294. The fourth-order valence-electron chi connectivity index (χ4n) is 4.17. The van der Waals surface area contributed by atoms with Crippen LogP contribution in [0.1, 0.15) is 19.8 Å². The molecule has 0 saturated carbocycles. The third-order valence-corrected chi connectivity index (χ3v) is 7.48. The van der Waals surface area contributed by atoms with Crippen LogP contribution in [0, 0.1) is 0 Å². The number of fused-ring (bicyclic) bond motifs is 1. The van der Waals surface area contributed by atoms with Crippen molar-refractivity contribution in [2.75, 3.05) is 19.6 Å². The zero-order valence-electron chi connectivity index (χ0n) is 14.5. The molecular formula is C20H24N2O2S. The van der Waals surface area contributed by atoms with Gasteiger partial charge < -0.3 is 0 Å². The predicted octanol–water partition coefficient (Wildman–Crippen LogP) is 3.21. The molecule has 25 heavy (non-hydrogen) atoms. The lowest BCUT2D eigenvalue weighted by molar-refractivity contribution is 0.117. The van der Waals surface area contributed by atoms with Crippen LogP contribution in [0.2, 0.25) is 0 Å². The maximum Gasteiger partial charge on any atom is 0.244 e. The van der Waals surface area contributed by atoms with E-state index in [9.17, 15) is 8.42 Å². The van der Waals surface area contributed by atoms with Crippen molar-refractivity contribution in [2.24, 2.45) is 0 Å². The third kappa shape index (κ3) is 3.01. The molecule has 0 unspecified atom stereocenters. The Kier molecular flexibility index (Phi) is 4.40. The van der Waals surface area contributed by atoms with E-state index in [0.29, 0.717) is 17.5 Å². The van der Waals surface area contributed by atoms with Crippen LogP contribution in [0.4, 0.5) is 0 Å². The topological polar surface area (TPSA) is 40.6 Å². The molecule has 2 heterocycles. The number of benzene rings is 2. The molecule has 132 valence electrons. The minimum Gasteiger partial charge on any atom is -0.297 e. The van der Waals surface area contributed by atoms with Crippen molar-refractivity contribution >= 4 is 10.0 Å². The molecule has 2 aromatic carbocycles. The van der Waals surface area contributed by atoms with Gasteiger partial charge in [-0.3, -0.25) is 4.90 Å². The van der Waals surface area contributed by atoms with Crippen LogP contribution in [-0.2, 0) is 10.0 Å². The molecule has 0 spiro atoms. The van der Waals surface area contributed by atoms with Crippen LogP contribution >= 0.6 is 0 Å². The summed E-state index contributed by atoms with van der Waals surface area (Å²) in [5.41, 5.74) is 1.72. The van der Waals surface area contributed by atoms with E-state index in [0.717, 1.165) is 30.6 Å². The highest BCUT2D eigenvalue weighted by Crippen LogP contribution is 2.33. The van der Waals surface area contributed by atoms with Gasteiger partial charge in [0.15, 0.2) is 0 Å². The van der Waals surface area contributed by atoms with Gasteiger partial charge in [0.25, 0.3) is 0 Å². The molecule has 4 nitrogen and oxygen atoms in total. The number of rotatable bonds is 3. The van der Waals surface area contributed by atoms with E-state index in [-0.39, 0.29) is 6.04 Å². The molecule has 0 bridgehead atoms. The maximum absolute atomic E-state index is 13.5. The highest BCUT2D eigenvalue weighted by molar-refractivity contribution is 7.89. The summed E-state index contributed by atoms with van der Waals surface area (Å²) in [7, 11) is -3.52. The Bertz CT molecular complexity index is 851. The maximum atomic E-state index is 13.5. The molecule has 0 aromatic heterocycles. The summed E-state index contributed by atoms with van der Waals surface area (Å²) in [6.07, 6.45) is 2.27. The van der Waals surface area contributed by atoms with Crippen LogP contribution in [0.15, 0.2) is 59.5 Å². The normalized spacial score (nSPS) is 25.0. The van der Waals surface area contributed by atoms with Crippen molar-refractivity contribution < 1.29 is 8.42 Å². The fraction of sp³-hybridized carbons (Fsp3) is 0.400. The van der Waals surface area contributed by atoms with Gasteiger partial charge in [0.1, 0.15) is 0 Å². The molecule has 2 saturated heterocycles. The van der Waals surface area contributed by atoms with E-state index in [2.05, 4.69) is 4.90 Å². The molecule has 4 rings (SSSR count). The Balaban J connectivity index is 1.74. The second-order valence-electron chi connectivity index (χ2n) is 7.08. The number of sulfonamides is 1. The summed E-state index contributed by atoms with van der Waals surface area (Å²) in [4.78, 5) is 2.86.